The molecule has 0 unspecified atom stereocenters. The highest BCUT2D eigenvalue weighted by Gasteiger charge is 2.19. The Balaban J connectivity index is 1.05. The van der Waals surface area contributed by atoms with Crippen molar-refractivity contribution in [1.29, 1.82) is 0 Å². The van der Waals surface area contributed by atoms with Gasteiger partial charge in [0.15, 0.2) is 0 Å². The van der Waals surface area contributed by atoms with Crippen LogP contribution in [0.2, 0.25) is 0 Å². The van der Waals surface area contributed by atoms with Gasteiger partial charge in [-0.3, -0.25) is 0 Å². The lowest BCUT2D eigenvalue weighted by Crippen LogP contribution is -1.96. The van der Waals surface area contributed by atoms with E-state index in [0.717, 1.165) is 5.69 Å². The molecular formula is C52H33N3. The van der Waals surface area contributed by atoms with Gasteiger partial charge in [-0.2, -0.15) is 0 Å². The molecule has 9 aromatic carbocycles. The minimum Gasteiger partial charge on any atom is -0.309 e. The van der Waals surface area contributed by atoms with Gasteiger partial charge in [-0.25, -0.2) is 0 Å². The molecule has 55 heavy (non-hydrogen) atoms. The fourth-order valence-electron chi connectivity index (χ4n) is 9.18. The van der Waals surface area contributed by atoms with Gasteiger partial charge >= 0.3 is 0 Å². The van der Waals surface area contributed by atoms with Crippen LogP contribution in [0.3, 0.4) is 0 Å². The summed E-state index contributed by atoms with van der Waals surface area (Å²) in [5, 5.41) is 10.0. The molecule has 0 bridgehead atoms. The van der Waals surface area contributed by atoms with E-state index in [1.807, 2.05) is 0 Å². The summed E-state index contributed by atoms with van der Waals surface area (Å²) in [6.45, 7) is 0. The molecule has 12 rings (SSSR count). The zero-order valence-electron chi connectivity index (χ0n) is 29.9. The molecule has 0 N–H and O–H groups in total. The molecule has 0 amide bonds. The molecule has 0 saturated carbocycles. The van der Waals surface area contributed by atoms with Crippen molar-refractivity contribution in [2.24, 2.45) is 0 Å². The Labute approximate surface area is 317 Å². The lowest BCUT2D eigenvalue weighted by molar-refractivity contribution is 1.18. The van der Waals surface area contributed by atoms with Crippen LogP contribution in [0.1, 0.15) is 0 Å². The maximum Gasteiger partial charge on any atom is 0.0549 e. The fourth-order valence-corrected chi connectivity index (χ4v) is 9.18. The summed E-state index contributed by atoms with van der Waals surface area (Å²) in [6, 6.07) is 73.2. The highest BCUT2D eigenvalue weighted by Crippen LogP contribution is 2.41. The number of hydrogen-bond donors (Lipinski definition) is 0. The summed E-state index contributed by atoms with van der Waals surface area (Å²) in [7, 11) is 0. The fraction of sp³-hybridized carbons (Fsp3) is 0. The van der Waals surface area contributed by atoms with Crippen LogP contribution in [0, 0.1) is 0 Å². The maximum atomic E-state index is 2.46. The van der Waals surface area contributed by atoms with Gasteiger partial charge < -0.3 is 13.7 Å². The molecule has 0 atom stereocenters. The molecule has 0 aliphatic carbocycles. The summed E-state index contributed by atoms with van der Waals surface area (Å²) in [4.78, 5) is 0. The van der Waals surface area contributed by atoms with E-state index < -0.39 is 0 Å². The van der Waals surface area contributed by atoms with Crippen LogP contribution in [0.25, 0.3) is 104 Å². The van der Waals surface area contributed by atoms with Gasteiger partial charge in [0.2, 0.25) is 0 Å². The monoisotopic (exact) mass is 699 g/mol. The van der Waals surface area contributed by atoms with Crippen LogP contribution in [0.15, 0.2) is 200 Å². The average molecular weight is 700 g/mol. The predicted molar refractivity (Wildman–Crippen MR) is 232 cm³/mol. The van der Waals surface area contributed by atoms with Crippen LogP contribution in [-0.2, 0) is 0 Å². The second-order valence-electron chi connectivity index (χ2n) is 14.6. The van der Waals surface area contributed by atoms with Gasteiger partial charge in [0.1, 0.15) is 0 Å². The molecule has 3 nitrogen and oxygen atoms in total. The largest absolute Gasteiger partial charge is 0.309 e. The van der Waals surface area contributed by atoms with Crippen molar-refractivity contribution in [2.75, 3.05) is 0 Å². The number of hydrogen-bond acceptors (Lipinski definition) is 0. The molecule has 3 heteroatoms. The van der Waals surface area contributed by atoms with E-state index >= 15 is 0 Å². The molecule has 0 fully saturated rings. The topological polar surface area (TPSA) is 14.8 Å². The van der Waals surface area contributed by atoms with Crippen LogP contribution in [0.4, 0.5) is 0 Å². The first-order chi connectivity index (χ1) is 27.3. The Hall–Kier alpha value is -7.36. The van der Waals surface area contributed by atoms with Gasteiger partial charge in [0, 0.05) is 49.1 Å². The molecule has 0 saturated heterocycles. The van der Waals surface area contributed by atoms with E-state index in [-0.39, 0.29) is 0 Å². The van der Waals surface area contributed by atoms with Crippen molar-refractivity contribution in [2.45, 2.75) is 0 Å². The second-order valence-corrected chi connectivity index (χ2v) is 14.6. The Morgan fingerprint density at radius 2 is 0.691 bits per heavy atom. The van der Waals surface area contributed by atoms with Crippen molar-refractivity contribution in [3.05, 3.63) is 200 Å². The first kappa shape index (κ1) is 30.1. The quantitative estimate of drug-likeness (QED) is 0.174. The molecule has 0 radical (unpaired) electrons. The van der Waals surface area contributed by atoms with Gasteiger partial charge in [0.05, 0.1) is 38.8 Å². The normalized spacial score (nSPS) is 12.0. The van der Waals surface area contributed by atoms with Crippen molar-refractivity contribution < 1.29 is 0 Å². The van der Waals surface area contributed by atoms with E-state index in [2.05, 4.69) is 214 Å². The summed E-state index contributed by atoms with van der Waals surface area (Å²) in [5.41, 5.74) is 13.2. The third-order valence-electron chi connectivity index (χ3n) is 11.6. The van der Waals surface area contributed by atoms with Crippen LogP contribution < -0.4 is 0 Å². The highest BCUT2D eigenvalue weighted by atomic mass is 15.0. The number of rotatable bonds is 4. The standard InChI is InChI=1S/C52H33N3/c1-2-15-37(16-3-1)53-47-21-9-6-18-40(47)43-30-27-36(31-50(43)53)34-25-28-38(29-26-34)54-48-22-10-7-19-41(48)44-33-52-45(32-51(44)54)42-20-8-11-23-49(42)55(52)46-24-12-14-35-13-4-5-17-39(35)46/h1-33H. The van der Waals surface area contributed by atoms with E-state index in [9.17, 15) is 0 Å². The lowest BCUT2D eigenvalue weighted by Gasteiger charge is -2.12. The van der Waals surface area contributed by atoms with Crippen molar-refractivity contribution in [3.63, 3.8) is 0 Å². The third-order valence-corrected chi connectivity index (χ3v) is 11.6. The zero-order valence-corrected chi connectivity index (χ0v) is 29.9. The molecule has 3 heterocycles. The van der Waals surface area contributed by atoms with Gasteiger partial charge in [-0.1, -0.05) is 133 Å². The van der Waals surface area contributed by atoms with Crippen LogP contribution in [0.5, 0.6) is 0 Å². The number of para-hydroxylation sites is 4. The predicted octanol–water partition coefficient (Wildman–Crippen LogP) is 13.8. The third kappa shape index (κ3) is 4.38. The van der Waals surface area contributed by atoms with E-state index in [1.54, 1.807) is 0 Å². The zero-order chi connectivity index (χ0) is 36.0. The van der Waals surface area contributed by atoms with Gasteiger partial charge in [-0.15, -0.1) is 0 Å². The van der Waals surface area contributed by atoms with Crippen molar-refractivity contribution >= 4 is 76.2 Å². The van der Waals surface area contributed by atoms with E-state index in [4.69, 9.17) is 0 Å². The molecule has 256 valence electrons. The minimum absolute atomic E-state index is 1.14. The first-order valence-electron chi connectivity index (χ1n) is 18.9. The van der Waals surface area contributed by atoms with Crippen molar-refractivity contribution in [3.8, 4) is 28.2 Å². The number of aromatic nitrogens is 3. The molecule has 0 aliphatic heterocycles. The Morgan fingerprint density at radius 3 is 1.36 bits per heavy atom. The lowest BCUT2D eigenvalue weighted by atomic mass is 10.0. The van der Waals surface area contributed by atoms with Gasteiger partial charge in [-0.05, 0) is 83.2 Å². The average Bonchev–Trinajstić information content (AvgIpc) is 3.88. The summed E-state index contributed by atoms with van der Waals surface area (Å²) in [5.74, 6) is 0. The van der Waals surface area contributed by atoms with Crippen molar-refractivity contribution in [1.82, 2.24) is 13.7 Å². The second kappa shape index (κ2) is 11.6. The summed E-state index contributed by atoms with van der Waals surface area (Å²) >= 11 is 0. The van der Waals surface area contributed by atoms with E-state index in [0.29, 0.717) is 0 Å². The van der Waals surface area contributed by atoms with Gasteiger partial charge in [0.25, 0.3) is 0 Å². The highest BCUT2D eigenvalue weighted by molar-refractivity contribution is 6.19. The smallest absolute Gasteiger partial charge is 0.0549 e. The Kier molecular flexibility index (Phi) is 6.34. The maximum absolute atomic E-state index is 2.46. The molecule has 3 aromatic heterocycles. The Bertz CT molecular complexity index is 3460. The summed E-state index contributed by atoms with van der Waals surface area (Å²) < 4.78 is 7.29. The first-order valence-corrected chi connectivity index (χ1v) is 18.9. The molecular weight excluding hydrogens is 667 g/mol. The summed E-state index contributed by atoms with van der Waals surface area (Å²) in [6.07, 6.45) is 0. The molecule has 12 aromatic rings. The number of benzene rings is 9. The van der Waals surface area contributed by atoms with Crippen LogP contribution in [-0.4, -0.2) is 13.7 Å². The minimum atomic E-state index is 1.14. The molecule has 0 spiro atoms. The SMILES string of the molecule is c1ccc(-n2c3ccccc3c3ccc(-c4ccc(-n5c6ccccc6c6cc7c(cc65)c5ccccc5n7-c5cccc6ccccc56)cc4)cc32)cc1. The van der Waals surface area contributed by atoms with E-state index in [1.165, 1.54) is 98.7 Å². The molecule has 0 aliphatic rings. The van der Waals surface area contributed by atoms with Crippen LogP contribution >= 0.6 is 0 Å². The number of nitrogens with zero attached hydrogens (tertiary/aromatic N) is 3. The Morgan fingerprint density at radius 1 is 0.236 bits per heavy atom. The number of fused-ring (bicyclic) bond motifs is 10.